The molecule has 0 aromatic heterocycles. The number of aliphatic hydroxyl groups is 6. The molecule has 0 fully saturated rings. The summed E-state index contributed by atoms with van der Waals surface area (Å²) in [5, 5.41) is 67.3. The van der Waals surface area contributed by atoms with Gasteiger partial charge in [-0.1, -0.05) is 95.6 Å². The van der Waals surface area contributed by atoms with Gasteiger partial charge in [0, 0.05) is 12.8 Å². The molecular formula is C32H48O6. The second-order valence-corrected chi connectivity index (χ2v) is 13.0. The molecule has 0 bridgehead atoms. The minimum Gasteiger partial charge on any atom is -0.394 e. The molecule has 38 heavy (non-hydrogen) atoms. The second kappa shape index (κ2) is 12.0. The normalized spacial score (nSPS) is 18.2. The van der Waals surface area contributed by atoms with E-state index in [2.05, 4.69) is 27.4 Å². The zero-order chi connectivity index (χ0) is 29.1. The molecule has 5 atom stereocenters. The summed E-state index contributed by atoms with van der Waals surface area (Å²) in [4.78, 5) is 0. The summed E-state index contributed by atoms with van der Waals surface area (Å²) < 4.78 is 0. The zero-order valence-electron chi connectivity index (χ0n) is 24.1. The van der Waals surface area contributed by atoms with Crippen LogP contribution in [-0.2, 0) is 23.7 Å². The standard InChI is InChI=1S/C32H48O6/c1-21(2)17-31(37,18-22-13-9-11-15-24(22)29(3,4)5)28(36)32(38,27(35)26(34)20-33)19-23-14-10-12-16-25(23)30(6,7)8/h9-16,26-28,33-38H,1,17-20H2,2-8H3/t26-,27+,28+,31?,32+/m0/s1. The summed E-state index contributed by atoms with van der Waals surface area (Å²) in [5.74, 6) is 0. The maximum absolute atomic E-state index is 12.1. The second-order valence-electron chi connectivity index (χ2n) is 13.0. The molecule has 6 heteroatoms. The number of benzene rings is 2. The van der Waals surface area contributed by atoms with E-state index in [9.17, 15) is 30.6 Å². The molecule has 0 aliphatic carbocycles. The Morgan fingerprint density at radius 1 is 0.763 bits per heavy atom. The molecule has 1 unspecified atom stereocenters. The lowest BCUT2D eigenvalue weighted by molar-refractivity contribution is -0.228. The van der Waals surface area contributed by atoms with Gasteiger partial charge in [-0.25, -0.2) is 0 Å². The Morgan fingerprint density at radius 2 is 1.18 bits per heavy atom. The van der Waals surface area contributed by atoms with Crippen LogP contribution in [0.3, 0.4) is 0 Å². The predicted molar refractivity (Wildman–Crippen MR) is 152 cm³/mol. The van der Waals surface area contributed by atoms with E-state index in [4.69, 9.17) is 0 Å². The van der Waals surface area contributed by atoms with Crippen molar-refractivity contribution >= 4 is 0 Å². The Bertz CT molecular complexity index is 1080. The highest BCUT2D eigenvalue weighted by molar-refractivity contribution is 5.37. The van der Waals surface area contributed by atoms with Crippen LogP contribution in [0.1, 0.15) is 77.1 Å². The van der Waals surface area contributed by atoms with Gasteiger partial charge in [0.15, 0.2) is 0 Å². The largest absolute Gasteiger partial charge is 0.394 e. The van der Waals surface area contributed by atoms with Crippen molar-refractivity contribution in [3.8, 4) is 0 Å². The van der Waals surface area contributed by atoms with Crippen molar-refractivity contribution in [3.63, 3.8) is 0 Å². The fourth-order valence-corrected chi connectivity index (χ4v) is 5.49. The highest BCUT2D eigenvalue weighted by atomic mass is 16.4. The average molecular weight is 529 g/mol. The van der Waals surface area contributed by atoms with Crippen LogP contribution < -0.4 is 0 Å². The molecule has 0 spiro atoms. The third kappa shape index (κ3) is 7.32. The maximum Gasteiger partial charge on any atom is 0.126 e. The van der Waals surface area contributed by atoms with E-state index in [-0.39, 0.29) is 30.1 Å². The lowest BCUT2D eigenvalue weighted by Crippen LogP contribution is -2.66. The van der Waals surface area contributed by atoms with Gasteiger partial charge in [-0.05, 0) is 46.4 Å². The first-order valence-electron chi connectivity index (χ1n) is 13.3. The number of hydrogen-bond donors (Lipinski definition) is 6. The third-order valence-electron chi connectivity index (χ3n) is 7.28. The molecule has 0 radical (unpaired) electrons. The molecular weight excluding hydrogens is 480 g/mol. The summed E-state index contributed by atoms with van der Waals surface area (Å²) in [6, 6.07) is 15.0. The summed E-state index contributed by atoms with van der Waals surface area (Å²) in [6.07, 6.45) is -5.96. The Kier molecular flexibility index (Phi) is 10.1. The SMILES string of the molecule is C=C(C)CC(O)(Cc1ccccc1C(C)(C)C)[C@@H](O)[C@@](O)(Cc1ccccc1C(C)(C)C)[C@H](O)[C@@H](O)CO. The molecule has 2 rings (SSSR count). The molecule has 2 aromatic carbocycles. The van der Waals surface area contributed by atoms with Gasteiger partial charge in [-0.2, -0.15) is 0 Å². The topological polar surface area (TPSA) is 121 Å². The van der Waals surface area contributed by atoms with Crippen molar-refractivity contribution in [2.45, 2.75) is 108 Å². The van der Waals surface area contributed by atoms with Crippen molar-refractivity contribution in [1.29, 1.82) is 0 Å². The number of hydrogen-bond acceptors (Lipinski definition) is 6. The van der Waals surface area contributed by atoms with E-state index in [1.54, 1.807) is 19.1 Å². The van der Waals surface area contributed by atoms with Crippen LogP contribution in [0.2, 0.25) is 0 Å². The van der Waals surface area contributed by atoms with Crippen molar-refractivity contribution < 1.29 is 30.6 Å². The third-order valence-corrected chi connectivity index (χ3v) is 7.28. The Morgan fingerprint density at radius 3 is 1.58 bits per heavy atom. The minimum absolute atomic E-state index is 0.0281. The summed E-state index contributed by atoms with van der Waals surface area (Å²) in [5.41, 5.74) is -1.05. The minimum atomic E-state index is -2.41. The van der Waals surface area contributed by atoms with Crippen LogP contribution in [0.25, 0.3) is 0 Å². The van der Waals surface area contributed by atoms with Crippen LogP contribution in [0, 0.1) is 0 Å². The van der Waals surface area contributed by atoms with Crippen molar-refractivity contribution in [1.82, 2.24) is 0 Å². The van der Waals surface area contributed by atoms with E-state index in [0.29, 0.717) is 11.1 Å². The Balaban J connectivity index is 2.71. The molecule has 0 amide bonds. The average Bonchev–Trinajstić information content (AvgIpc) is 2.81. The Hall–Kier alpha value is -2.06. The maximum atomic E-state index is 12.1. The molecule has 0 heterocycles. The van der Waals surface area contributed by atoms with E-state index < -0.39 is 36.1 Å². The molecule has 2 aromatic rings. The smallest absolute Gasteiger partial charge is 0.126 e. The molecule has 6 N–H and O–H groups in total. The molecule has 212 valence electrons. The first kappa shape index (κ1) is 32.2. The highest BCUT2D eigenvalue weighted by Crippen LogP contribution is 2.39. The summed E-state index contributed by atoms with van der Waals surface area (Å²) in [7, 11) is 0. The van der Waals surface area contributed by atoms with Crippen LogP contribution >= 0.6 is 0 Å². The van der Waals surface area contributed by atoms with E-state index in [1.807, 2.05) is 57.2 Å². The quantitative estimate of drug-likeness (QED) is 0.248. The molecule has 0 saturated carbocycles. The lowest BCUT2D eigenvalue weighted by Gasteiger charge is -2.47. The van der Waals surface area contributed by atoms with Crippen molar-refractivity contribution in [3.05, 3.63) is 82.9 Å². The molecule has 6 nitrogen and oxygen atoms in total. The van der Waals surface area contributed by atoms with Crippen molar-refractivity contribution in [2.24, 2.45) is 0 Å². The molecule has 0 aliphatic heterocycles. The fourth-order valence-electron chi connectivity index (χ4n) is 5.49. The summed E-state index contributed by atoms with van der Waals surface area (Å²) >= 11 is 0. The van der Waals surface area contributed by atoms with E-state index in [0.717, 1.165) is 16.7 Å². The van der Waals surface area contributed by atoms with Gasteiger partial charge in [0.1, 0.15) is 29.5 Å². The Labute approximate surface area is 228 Å². The van der Waals surface area contributed by atoms with Gasteiger partial charge in [-0.3, -0.25) is 0 Å². The van der Waals surface area contributed by atoms with Crippen LogP contribution in [0.4, 0.5) is 0 Å². The van der Waals surface area contributed by atoms with Gasteiger partial charge >= 0.3 is 0 Å². The van der Waals surface area contributed by atoms with Crippen LogP contribution in [-0.4, -0.2) is 66.8 Å². The first-order chi connectivity index (χ1) is 17.4. The van der Waals surface area contributed by atoms with E-state index in [1.165, 1.54) is 0 Å². The fraction of sp³-hybridized carbons (Fsp3) is 0.562. The van der Waals surface area contributed by atoms with Gasteiger partial charge in [0.2, 0.25) is 0 Å². The van der Waals surface area contributed by atoms with Gasteiger partial charge in [0.25, 0.3) is 0 Å². The van der Waals surface area contributed by atoms with Gasteiger partial charge < -0.3 is 30.6 Å². The predicted octanol–water partition coefficient (Wildman–Crippen LogP) is 3.57. The number of aliphatic hydroxyl groups excluding tert-OH is 4. The molecule has 0 aliphatic rings. The van der Waals surface area contributed by atoms with Crippen molar-refractivity contribution in [2.75, 3.05) is 6.61 Å². The zero-order valence-corrected chi connectivity index (χ0v) is 24.1. The van der Waals surface area contributed by atoms with Crippen LogP contribution in [0.15, 0.2) is 60.7 Å². The van der Waals surface area contributed by atoms with E-state index >= 15 is 0 Å². The lowest BCUT2D eigenvalue weighted by atomic mass is 9.69. The highest BCUT2D eigenvalue weighted by Gasteiger charge is 2.54. The van der Waals surface area contributed by atoms with Gasteiger partial charge in [0.05, 0.1) is 6.61 Å². The summed E-state index contributed by atoms with van der Waals surface area (Å²) in [6.45, 7) is 17.0. The monoisotopic (exact) mass is 528 g/mol. The first-order valence-corrected chi connectivity index (χ1v) is 13.3. The molecule has 0 saturated heterocycles. The van der Waals surface area contributed by atoms with Crippen LogP contribution in [0.5, 0.6) is 0 Å². The van der Waals surface area contributed by atoms with Gasteiger partial charge in [-0.15, -0.1) is 6.58 Å². The number of rotatable bonds is 11.